The van der Waals surface area contributed by atoms with Gasteiger partial charge in [-0.3, -0.25) is 4.79 Å². The molecule has 22 heavy (non-hydrogen) atoms. The van der Waals surface area contributed by atoms with Crippen molar-refractivity contribution in [3.05, 3.63) is 59.9 Å². The van der Waals surface area contributed by atoms with Crippen molar-refractivity contribution in [1.29, 1.82) is 0 Å². The van der Waals surface area contributed by atoms with Crippen LogP contribution in [0.1, 0.15) is 31.4 Å². The van der Waals surface area contributed by atoms with Gasteiger partial charge in [0.05, 0.1) is 11.4 Å². The van der Waals surface area contributed by atoms with Crippen LogP contribution in [0.25, 0.3) is 0 Å². The molecule has 1 amide bonds. The van der Waals surface area contributed by atoms with E-state index in [4.69, 9.17) is 0 Å². The number of carbonyl (C=O) groups is 1. The number of rotatable bonds is 4. The summed E-state index contributed by atoms with van der Waals surface area (Å²) >= 11 is 0. The summed E-state index contributed by atoms with van der Waals surface area (Å²) in [5.74, 6) is -0.290. The molecule has 1 aliphatic heterocycles. The summed E-state index contributed by atoms with van der Waals surface area (Å²) in [4.78, 5) is 14.6. The number of anilines is 2. The first-order valence-electron chi connectivity index (χ1n) is 7.63. The van der Waals surface area contributed by atoms with Crippen LogP contribution in [0, 0.1) is 5.82 Å². The Morgan fingerprint density at radius 2 is 1.95 bits per heavy atom. The lowest BCUT2D eigenvalue weighted by atomic mass is 10.0. The third-order valence-electron chi connectivity index (χ3n) is 3.93. The van der Waals surface area contributed by atoms with Gasteiger partial charge < -0.3 is 10.2 Å². The van der Waals surface area contributed by atoms with E-state index in [0.717, 1.165) is 24.1 Å². The zero-order valence-corrected chi connectivity index (χ0v) is 12.6. The molecular formula is C18H19FN2O. The maximum Gasteiger partial charge on any atom is 0.254 e. The van der Waals surface area contributed by atoms with Gasteiger partial charge in [-0.25, -0.2) is 4.39 Å². The largest absolute Gasteiger partial charge is 0.368 e. The first kappa shape index (κ1) is 14.6. The van der Waals surface area contributed by atoms with E-state index >= 15 is 0 Å². The smallest absolute Gasteiger partial charge is 0.254 e. The molecule has 2 aromatic rings. The number of hydrogen-bond acceptors (Lipinski definition) is 2. The molecule has 1 N–H and O–H groups in total. The second-order valence-corrected chi connectivity index (χ2v) is 5.49. The van der Waals surface area contributed by atoms with Gasteiger partial charge in [-0.15, -0.1) is 0 Å². The molecule has 1 heterocycles. The fourth-order valence-electron chi connectivity index (χ4n) is 2.77. The van der Waals surface area contributed by atoms with Gasteiger partial charge in [-0.05, 0) is 30.2 Å². The van der Waals surface area contributed by atoms with Gasteiger partial charge in [0.15, 0.2) is 0 Å². The van der Waals surface area contributed by atoms with Crippen LogP contribution in [-0.2, 0) is 4.79 Å². The van der Waals surface area contributed by atoms with Crippen molar-refractivity contribution >= 4 is 17.3 Å². The summed E-state index contributed by atoms with van der Waals surface area (Å²) in [5, 5.41) is 3.18. The van der Waals surface area contributed by atoms with Gasteiger partial charge >= 0.3 is 0 Å². The van der Waals surface area contributed by atoms with E-state index in [-0.39, 0.29) is 11.7 Å². The molecule has 0 aliphatic carbocycles. The van der Waals surface area contributed by atoms with E-state index in [9.17, 15) is 9.18 Å². The number of unbranched alkanes of at least 4 members (excludes halogenated alkanes) is 1. The molecule has 3 nitrogen and oxygen atoms in total. The summed E-state index contributed by atoms with van der Waals surface area (Å²) in [6, 6.07) is 13.6. The molecule has 0 fully saturated rings. The third-order valence-corrected chi connectivity index (χ3v) is 3.93. The summed E-state index contributed by atoms with van der Waals surface area (Å²) in [6.45, 7) is 2.74. The molecule has 114 valence electrons. The van der Waals surface area contributed by atoms with Crippen LogP contribution in [0.15, 0.2) is 48.5 Å². The fraction of sp³-hybridized carbons (Fsp3) is 0.278. The van der Waals surface area contributed by atoms with E-state index in [2.05, 4.69) is 12.2 Å². The quantitative estimate of drug-likeness (QED) is 0.920. The zero-order chi connectivity index (χ0) is 15.5. The lowest BCUT2D eigenvalue weighted by Gasteiger charge is -2.35. The number of hydrogen-bond donors (Lipinski definition) is 1. The Labute approximate surface area is 129 Å². The van der Waals surface area contributed by atoms with Crippen LogP contribution >= 0.6 is 0 Å². The first-order valence-corrected chi connectivity index (χ1v) is 7.63. The van der Waals surface area contributed by atoms with Crippen LogP contribution in [0.2, 0.25) is 0 Å². The van der Waals surface area contributed by atoms with E-state index in [0.29, 0.717) is 12.2 Å². The van der Waals surface area contributed by atoms with E-state index in [1.807, 2.05) is 30.3 Å². The van der Waals surface area contributed by atoms with Crippen LogP contribution in [-0.4, -0.2) is 12.5 Å². The topological polar surface area (TPSA) is 32.3 Å². The Hall–Kier alpha value is -2.36. The van der Waals surface area contributed by atoms with Crippen molar-refractivity contribution in [3.63, 3.8) is 0 Å². The van der Waals surface area contributed by atoms with Gasteiger partial charge in [-0.2, -0.15) is 0 Å². The number of carbonyl (C=O) groups excluding carboxylic acids is 1. The van der Waals surface area contributed by atoms with Crippen molar-refractivity contribution in [2.24, 2.45) is 0 Å². The predicted molar refractivity (Wildman–Crippen MR) is 86.5 cm³/mol. The maximum atomic E-state index is 13.6. The molecule has 2 aromatic carbocycles. The second kappa shape index (κ2) is 6.18. The van der Waals surface area contributed by atoms with E-state index < -0.39 is 6.04 Å². The predicted octanol–water partition coefficient (Wildman–Crippen LogP) is 4.13. The molecule has 0 spiro atoms. The fourth-order valence-corrected chi connectivity index (χ4v) is 2.77. The van der Waals surface area contributed by atoms with Crippen LogP contribution in [0.5, 0.6) is 0 Å². The standard InChI is InChI=1S/C18H19FN2O/c1-2-3-11-21-16-10-9-14(19)12-15(16)20-17(18(21)22)13-7-5-4-6-8-13/h4-10,12,17,20H,2-3,11H2,1H3. The molecule has 0 saturated carbocycles. The van der Waals surface area contributed by atoms with Gasteiger partial charge in [0, 0.05) is 6.54 Å². The average Bonchev–Trinajstić information content (AvgIpc) is 2.54. The molecule has 1 aliphatic rings. The zero-order valence-electron chi connectivity index (χ0n) is 12.6. The molecule has 0 saturated heterocycles. The lowest BCUT2D eigenvalue weighted by molar-refractivity contribution is -0.119. The Kier molecular flexibility index (Phi) is 4.09. The van der Waals surface area contributed by atoms with Crippen molar-refractivity contribution in [2.45, 2.75) is 25.8 Å². The number of halogens is 1. The third kappa shape index (κ3) is 2.69. The highest BCUT2D eigenvalue weighted by Gasteiger charge is 2.33. The van der Waals surface area contributed by atoms with Gasteiger partial charge in [0.2, 0.25) is 0 Å². The molecule has 1 atom stereocenters. The monoisotopic (exact) mass is 298 g/mol. The first-order chi connectivity index (χ1) is 10.7. The van der Waals surface area contributed by atoms with Gasteiger partial charge in [0.25, 0.3) is 5.91 Å². The maximum absolute atomic E-state index is 13.6. The normalized spacial score (nSPS) is 17.1. The number of fused-ring (bicyclic) bond motifs is 1. The summed E-state index contributed by atoms with van der Waals surface area (Å²) in [7, 11) is 0. The Morgan fingerprint density at radius 3 is 2.68 bits per heavy atom. The van der Waals surface area contributed by atoms with E-state index in [1.54, 1.807) is 11.0 Å². The van der Waals surface area contributed by atoms with Crippen molar-refractivity contribution in [3.8, 4) is 0 Å². The SMILES string of the molecule is CCCCN1C(=O)C(c2ccccc2)Nc2cc(F)ccc21. The minimum Gasteiger partial charge on any atom is -0.368 e. The molecule has 3 rings (SSSR count). The van der Waals surface area contributed by atoms with Crippen LogP contribution < -0.4 is 10.2 Å². The highest BCUT2D eigenvalue weighted by atomic mass is 19.1. The molecule has 0 aromatic heterocycles. The van der Waals surface area contributed by atoms with Crippen molar-refractivity contribution in [1.82, 2.24) is 0 Å². The van der Waals surface area contributed by atoms with Crippen molar-refractivity contribution < 1.29 is 9.18 Å². The molecule has 1 unspecified atom stereocenters. The number of nitrogens with zero attached hydrogens (tertiary/aromatic N) is 1. The molecule has 0 radical (unpaired) electrons. The van der Waals surface area contributed by atoms with Crippen LogP contribution in [0.3, 0.4) is 0 Å². The average molecular weight is 298 g/mol. The number of benzene rings is 2. The Balaban J connectivity index is 2.01. The summed E-state index contributed by atoms with van der Waals surface area (Å²) in [5.41, 5.74) is 2.32. The molecular weight excluding hydrogens is 279 g/mol. The minimum atomic E-state index is -0.465. The van der Waals surface area contributed by atoms with E-state index in [1.165, 1.54) is 12.1 Å². The molecule has 0 bridgehead atoms. The summed E-state index contributed by atoms with van der Waals surface area (Å²) in [6.07, 6.45) is 1.92. The number of nitrogens with one attached hydrogen (secondary N) is 1. The van der Waals surface area contributed by atoms with Gasteiger partial charge in [0.1, 0.15) is 11.9 Å². The summed E-state index contributed by atoms with van der Waals surface area (Å²) < 4.78 is 13.6. The second-order valence-electron chi connectivity index (χ2n) is 5.49. The minimum absolute atomic E-state index is 0.0127. The number of amides is 1. The van der Waals surface area contributed by atoms with Crippen molar-refractivity contribution in [2.75, 3.05) is 16.8 Å². The highest BCUT2D eigenvalue weighted by Crippen LogP contribution is 2.37. The molecule has 4 heteroatoms. The lowest BCUT2D eigenvalue weighted by Crippen LogP contribution is -2.42. The Bertz CT molecular complexity index is 672. The highest BCUT2D eigenvalue weighted by molar-refractivity contribution is 6.05. The van der Waals surface area contributed by atoms with Crippen LogP contribution in [0.4, 0.5) is 15.8 Å². The Morgan fingerprint density at radius 1 is 1.18 bits per heavy atom. The van der Waals surface area contributed by atoms with Gasteiger partial charge in [-0.1, -0.05) is 43.7 Å².